The molecule has 6 heteroatoms. The van der Waals surface area contributed by atoms with E-state index in [1.54, 1.807) is 0 Å². The molecule has 2 atom stereocenters. The highest BCUT2D eigenvalue weighted by atomic mass is 15.3. The molecule has 2 fully saturated rings. The number of rotatable bonds is 4. The molecule has 2 aliphatic heterocycles. The van der Waals surface area contributed by atoms with Crippen LogP contribution in [-0.2, 0) is 0 Å². The van der Waals surface area contributed by atoms with Crippen molar-refractivity contribution in [3.63, 3.8) is 0 Å². The largest absolute Gasteiger partial charge is 0.370 e. The van der Waals surface area contributed by atoms with Crippen LogP contribution in [0, 0.1) is 17.8 Å². The van der Waals surface area contributed by atoms with Gasteiger partial charge < -0.3 is 21.3 Å². The van der Waals surface area contributed by atoms with Crippen LogP contribution in [0.1, 0.15) is 13.8 Å². The Morgan fingerprint density at radius 1 is 1.35 bits per heavy atom. The lowest BCUT2D eigenvalue weighted by atomic mass is 10.0. The highest BCUT2D eigenvalue weighted by molar-refractivity contribution is 5.53. The topological polar surface area (TPSA) is 79.1 Å². The fourth-order valence-corrected chi connectivity index (χ4v) is 3.06. The summed E-state index contributed by atoms with van der Waals surface area (Å²) < 4.78 is 0. The maximum absolute atomic E-state index is 5.85. The molecule has 20 heavy (non-hydrogen) atoms. The monoisotopic (exact) mass is 276 g/mol. The number of aromatic nitrogens is 2. The van der Waals surface area contributed by atoms with Gasteiger partial charge in [-0.2, -0.15) is 9.97 Å². The Morgan fingerprint density at radius 2 is 2.05 bits per heavy atom. The average Bonchev–Trinajstić information content (AvgIpc) is 2.96. The number of hydrogen-bond acceptors (Lipinski definition) is 6. The fourth-order valence-electron chi connectivity index (χ4n) is 3.06. The van der Waals surface area contributed by atoms with Gasteiger partial charge in [0.2, 0.25) is 5.95 Å². The van der Waals surface area contributed by atoms with Crippen LogP contribution < -0.4 is 21.3 Å². The molecular weight excluding hydrogens is 252 g/mol. The first-order valence-corrected chi connectivity index (χ1v) is 7.46. The molecule has 0 aliphatic carbocycles. The van der Waals surface area contributed by atoms with E-state index in [1.165, 1.54) is 0 Å². The van der Waals surface area contributed by atoms with Gasteiger partial charge in [-0.3, -0.25) is 0 Å². The summed E-state index contributed by atoms with van der Waals surface area (Å²) in [6, 6.07) is 2.02. The Bertz CT molecular complexity index is 463. The van der Waals surface area contributed by atoms with Gasteiger partial charge in [0.15, 0.2) is 0 Å². The Kier molecular flexibility index (Phi) is 3.65. The van der Waals surface area contributed by atoms with E-state index in [1.807, 2.05) is 6.07 Å². The van der Waals surface area contributed by atoms with Gasteiger partial charge >= 0.3 is 0 Å². The summed E-state index contributed by atoms with van der Waals surface area (Å²) in [5, 5.41) is 6.78. The first-order valence-electron chi connectivity index (χ1n) is 7.46. The zero-order chi connectivity index (χ0) is 14.1. The highest BCUT2D eigenvalue weighted by Crippen LogP contribution is 2.30. The van der Waals surface area contributed by atoms with E-state index in [-0.39, 0.29) is 0 Å². The molecule has 3 rings (SSSR count). The first kappa shape index (κ1) is 13.4. The van der Waals surface area contributed by atoms with Crippen molar-refractivity contribution in [2.75, 3.05) is 48.7 Å². The molecule has 1 aromatic heterocycles. The quantitative estimate of drug-likeness (QED) is 0.754. The zero-order valence-corrected chi connectivity index (χ0v) is 12.3. The summed E-state index contributed by atoms with van der Waals surface area (Å²) in [6.07, 6.45) is 0. The van der Waals surface area contributed by atoms with Gasteiger partial charge in [-0.15, -0.1) is 0 Å². The number of anilines is 3. The number of nitrogens with one attached hydrogen (secondary N) is 2. The molecule has 0 saturated carbocycles. The third kappa shape index (κ3) is 2.80. The van der Waals surface area contributed by atoms with E-state index in [9.17, 15) is 0 Å². The number of nitrogens with two attached hydrogens (primary N) is 1. The Labute approximate surface area is 120 Å². The van der Waals surface area contributed by atoms with E-state index in [0.717, 1.165) is 56.2 Å². The van der Waals surface area contributed by atoms with Crippen LogP contribution in [0.5, 0.6) is 0 Å². The molecule has 2 aliphatic rings. The lowest BCUT2D eigenvalue weighted by Gasteiger charge is -2.19. The van der Waals surface area contributed by atoms with Gasteiger partial charge in [0.1, 0.15) is 11.6 Å². The molecule has 110 valence electrons. The maximum Gasteiger partial charge on any atom is 0.223 e. The van der Waals surface area contributed by atoms with Gasteiger partial charge in [-0.05, 0) is 17.8 Å². The maximum atomic E-state index is 5.85. The summed E-state index contributed by atoms with van der Waals surface area (Å²) in [4.78, 5) is 11.0. The van der Waals surface area contributed by atoms with Crippen molar-refractivity contribution in [3.8, 4) is 0 Å². The minimum Gasteiger partial charge on any atom is -0.370 e. The molecule has 0 amide bonds. The summed E-state index contributed by atoms with van der Waals surface area (Å²) in [6.45, 7) is 9.63. The van der Waals surface area contributed by atoms with Crippen molar-refractivity contribution < 1.29 is 0 Å². The summed E-state index contributed by atoms with van der Waals surface area (Å²) in [7, 11) is 0. The van der Waals surface area contributed by atoms with Gasteiger partial charge in [-0.25, -0.2) is 0 Å². The average molecular weight is 276 g/mol. The van der Waals surface area contributed by atoms with Crippen LogP contribution in [-0.4, -0.2) is 42.7 Å². The van der Waals surface area contributed by atoms with Gasteiger partial charge in [0, 0.05) is 38.8 Å². The van der Waals surface area contributed by atoms with Gasteiger partial charge in [0.25, 0.3) is 0 Å². The second-order valence-electron chi connectivity index (χ2n) is 6.33. The molecule has 2 unspecified atom stereocenters. The second kappa shape index (κ2) is 5.44. The smallest absolute Gasteiger partial charge is 0.223 e. The molecule has 3 heterocycles. The zero-order valence-electron chi connectivity index (χ0n) is 12.3. The summed E-state index contributed by atoms with van der Waals surface area (Å²) in [5.74, 6) is 4.21. The van der Waals surface area contributed by atoms with E-state index in [4.69, 9.17) is 5.73 Å². The van der Waals surface area contributed by atoms with Crippen LogP contribution in [0.4, 0.5) is 17.6 Å². The fraction of sp³-hybridized carbons (Fsp3) is 0.714. The standard InChI is InChI=1S/C14H24N6/c1-9(2)4-17-12-3-13(19-14(15)18-12)20-7-10-5-16-6-11(10)8-20/h3,9-11,16H,4-8H2,1-2H3,(H3,15,17,18,19). The van der Waals surface area contributed by atoms with E-state index < -0.39 is 0 Å². The third-order valence-electron chi connectivity index (χ3n) is 4.13. The van der Waals surface area contributed by atoms with Crippen molar-refractivity contribution in [2.24, 2.45) is 17.8 Å². The van der Waals surface area contributed by atoms with E-state index in [2.05, 4.69) is 39.3 Å². The predicted molar refractivity (Wildman–Crippen MR) is 81.8 cm³/mol. The van der Waals surface area contributed by atoms with Crippen molar-refractivity contribution in [1.82, 2.24) is 15.3 Å². The molecule has 4 N–H and O–H groups in total. The molecule has 0 radical (unpaired) electrons. The van der Waals surface area contributed by atoms with E-state index >= 15 is 0 Å². The lowest BCUT2D eigenvalue weighted by molar-refractivity contribution is 0.533. The van der Waals surface area contributed by atoms with Crippen molar-refractivity contribution in [1.29, 1.82) is 0 Å². The SMILES string of the molecule is CC(C)CNc1cc(N2CC3CNCC3C2)nc(N)n1. The number of fused-ring (bicyclic) bond motifs is 1. The van der Waals surface area contributed by atoms with Crippen molar-refractivity contribution in [2.45, 2.75) is 13.8 Å². The third-order valence-corrected chi connectivity index (χ3v) is 4.13. The van der Waals surface area contributed by atoms with Gasteiger partial charge in [-0.1, -0.05) is 13.8 Å². The Hall–Kier alpha value is -1.56. The molecule has 2 saturated heterocycles. The first-order chi connectivity index (χ1) is 9.61. The van der Waals surface area contributed by atoms with Crippen molar-refractivity contribution >= 4 is 17.6 Å². The number of nitrogens with zero attached hydrogens (tertiary/aromatic N) is 3. The van der Waals surface area contributed by atoms with E-state index in [0.29, 0.717) is 11.9 Å². The van der Waals surface area contributed by atoms with Crippen LogP contribution in [0.3, 0.4) is 0 Å². The molecule has 6 nitrogen and oxygen atoms in total. The molecule has 0 aromatic carbocycles. The number of hydrogen-bond donors (Lipinski definition) is 3. The predicted octanol–water partition coefficient (Wildman–Crippen LogP) is 0.782. The Balaban J connectivity index is 1.73. The molecular formula is C14H24N6. The van der Waals surface area contributed by atoms with Crippen LogP contribution in [0.15, 0.2) is 6.07 Å². The highest BCUT2D eigenvalue weighted by Gasteiger charge is 2.36. The summed E-state index contributed by atoms with van der Waals surface area (Å²) in [5.41, 5.74) is 5.85. The van der Waals surface area contributed by atoms with Crippen LogP contribution >= 0.6 is 0 Å². The van der Waals surface area contributed by atoms with Gasteiger partial charge in [0.05, 0.1) is 0 Å². The minimum atomic E-state index is 0.351. The lowest BCUT2D eigenvalue weighted by Crippen LogP contribution is -2.26. The second-order valence-corrected chi connectivity index (χ2v) is 6.33. The van der Waals surface area contributed by atoms with Crippen LogP contribution in [0.25, 0.3) is 0 Å². The molecule has 0 spiro atoms. The number of nitrogen functional groups attached to an aromatic ring is 1. The van der Waals surface area contributed by atoms with Crippen LogP contribution in [0.2, 0.25) is 0 Å². The normalized spacial score (nSPS) is 25.2. The summed E-state index contributed by atoms with van der Waals surface area (Å²) >= 11 is 0. The molecule has 0 bridgehead atoms. The Morgan fingerprint density at radius 3 is 2.70 bits per heavy atom. The molecule has 1 aromatic rings. The van der Waals surface area contributed by atoms with Crippen molar-refractivity contribution in [3.05, 3.63) is 6.07 Å². The minimum absolute atomic E-state index is 0.351.